The summed E-state index contributed by atoms with van der Waals surface area (Å²) in [5, 5.41) is 0. The average molecular weight is 291 g/mol. The van der Waals surface area contributed by atoms with E-state index in [1.54, 1.807) is 0 Å². The molecule has 1 atom stereocenters. The first-order chi connectivity index (χ1) is 9.70. The van der Waals surface area contributed by atoms with Crippen molar-refractivity contribution < 1.29 is 0 Å². The molecule has 1 aromatic heterocycles. The molecule has 1 unspecified atom stereocenters. The van der Waals surface area contributed by atoms with Crippen molar-refractivity contribution in [3.63, 3.8) is 0 Å². The van der Waals surface area contributed by atoms with Crippen molar-refractivity contribution >= 4 is 22.6 Å². The molecule has 2 aromatic rings. The fraction of sp³-hybridized carbons (Fsp3) is 0.588. The summed E-state index contributed by atoms with van der Waals surface area (Å²) in [6.45, 7) is 4.48. The number of halogens is 1. The highest BCUT2D eigenvalue weighted by atomic mass is 35.5. The van der Waals surface area contributed by atoms with Gasteiger partial charge in [-0.25, -0.2) is 4.98 Å². The molecule has 20 heavy (non-hydrogen) atoms. The van der Waals surface area contributed by atoms with Crippen LogP contribution in [-0.2, 0) is 5.88 Å². The highest BCUT2D eigenvalue weighted by molar-refractivity contribution is 6.16. The lowest BCUT2D eigenvalue weighted by molar-refractivity contribution is 0.265. The summed E-state index contributed by atoms with van der Waals surface area (Å²) in [5.74, 6) is 2.28. The monoisotopic (exact) mass is 290 g/mol. The molecule has 3 rings (SSSR count). The number of hydrogen-bond acceptors (Lipinski definition) is 1. The largest absolute Gasteiger partial charge is 0.324 e. The van der Waals surface area contributed by atoms with Gasteiger partial charge in [-0.15, -0.1) is 11.6 Å². The van der Waals surface area contributed by atoms with Gasteiger partial charge in [0.2, 0.25) is 0 Å². The lowest BCUT2D eigenvalue weighted by atomic mass is 9.84. The van der Waals surface area contributed by atoms with Crippen LogP contribution in [0.25, 0.3) is 11.0 Å². The predicted octanol–water partition coefficient (Wildman–Crippen LogP) is 5.22. The number of benzene rings is 1. The van der Waals surface area contributed by atoms with Crippen LogP contribution in [0.1, 0.15) is 56.5 Å². The molecule has 0 N–H and O–H groups in total. The summed E-state index contributed by atoms with van der Waals surface area (Å²) in [6, 6.07) is 6.99. The van der Waals surface area contributed by atoms with Crippen molar-refractivity contribution in [3.8, 4) is 0 Å². The van der Waals surface area contributed by atoms with Crippen molar-refractivity contribution in [2.75, 3.05) is 0 Å². The van der Waals surface area contributed by atoms with E-state index in [2.05, 4.69) is 36.6 Å². The standard InChI is InChI=1S/C17H23ClN2/c1-12-8-9-15-16(10-12)20(17(11-18)19-15)13(2)14-6-4-3-5-7-14/h8-10,13-14H,3-7,11H2,1-2H3. The number of hydrogen-bond donors (Lipinski definition) is 0. The van der Waals surface area contributed by atoms with Gasteiger partial charge in [0.05, 0.1) is 16.9 Å². The van der Waals surface area contributed by atoms with E-state index >= 15 is 0 Å². The summed E-state index contributed by atoms with van der Waals surface area (Å²) < 4.78 is 2.39. The molecule has 1 aliphatic rings. The molecule has 2 nitrogen and oxygen atoms in total. The molecule has 0 spiro atoms. The third kappa shape index (κ3) is 2.46. The minimum absolute atomic E-state index is 0.491. The minimum atomic E-state index is 0.491. The third-order valence-electron chi connectivity index (χ3n) is 4.78. The van der Waals surface area contributed by atoms with Gasteiger partial charge < -0.3 is 4.57 Å². The molecule has 1 heterocycles. The zero-order valence-electron chi connectivity index (χ0n) is 12.4. The Morgan fingerprint density at radius 3 is 2.75 bits per heavy atom. The quantitative estimate of drug-likeness (QED) is 0.708. The van der Waals surface area contributed by atoms with Crippen molar-refractivity contribution in [1.29, 1.82) is 0 Å². The van der Waals surface area contributed by atoms with Crippen LogP contribution >= 0.6 is 11.6 Å². The highest BCUT2D eigenvalue weighted by Crippen LogP contribution is 2.35. The molecule has 0 aliphatic heterocycles. The van der Waals surface area contributed by atoms with Gasteiger partial charge >= 0.3 is 0 Å². The first-order valence-corrected chi connectivity index (χ1v) is 8.27. The van der Waals surface area contributed by atoms with E-state index in [4.69, 9.17) is 16.6 Å². The zero-order valence-corrected chi connectivity index (χ0v) is 13.2. The topological polar surface area (TPSA) is 17.8 Å². The van der Waals surface area contributed by atoms with Gasteiger partial charge in [0.25, 0.3) is 0 Å². The second kappa shape index (κ2) is 5.77. The maximum Gasteiger partial charge on any atom is 0.125 e. The normalized spacial score (nSPS) is 18.6. The molecule has 0 saturated heterocycles. The Morgan fingerprint density at radius 2 is 2.05 bits per heavy atom. The number of imidazole rings is 1. The number of fused-ring (bicyclic) bond motifs is 1. The van der Waals surface area contributed by atoms with Gasteiger partial charge in [0.15, 0.2) is 0 Å². The molecule has 0 bridgehead atoms. The Hall–Kier alpha value is -1.02. The summed E-state index contributed by atoms with van der Waals surface area (Å²) in [5.41, 5.74) is 3.61. The number of rotatable bonds is 3. The van der Waals surface area contributed by atoms with E-state index in [1.165, 1.54) is 43.2 Å². The van der Waals surface area contributed by atoms with Crippen LogP contribution in [0.5, 0.6) is 0 Å². The second-order valence-corrected chi connectivity index (χ2v) is 6.43. The van der Waals surface area contributed by atoms with Gasteiger partial charge in [0, 0.05) is 6.04 Å². The number of aromatic nitrogens is 2. The molecule has 3 heteroatoms. The Labute approximate surface area is 126 Å². The molecular weight excluding hydrogens is 268 g/mol. The van der Waals surface area contributed by atoms with E-state index in [1.807, 2.05) is 0 Å². The molecule has 0 radical (unpaired) electrons. The summed E-state index contributed by atoms with van der Waals surface area (Å²) in [7, 11) is 0. The van der Waals surface area contributed by atoms with E-state index in [9.17, 15) is 0 Å². The van der Waals surface area contributed by atoms with Gasteiger partial charge in [-0.2, -0.15) is 0 Å². The zero-order chi connectivity index (χ0) is 14.1. The second-order valence-electron chi connectivity index (χ2n) is 6.16. The maximum atomic E-state index is 6.14. The van der Waals surface area contributed by atoms with Crippen molar-refractivity contribution in [2.45, 2.75) is 57.9 Å². The van der Waals surface area contributed by atoms with Gasteiger partial charge in [-0.1, -0.05) is 25.3 Å². The first-order valence-electron chi connectivity index (χ1n) is 7.74. The van der Waals surface area contributed by atoms with E-state index in [0.29, 0.717) is 11.9 Å². The Morgan fingerprint density at radius 1 is 1.30 bits per heavy atom. The number of alkyl halides is 1. The van der Waals surface area contributed by atoms with Crippen LogP contribution in [0, 0.1) is 12.8 Å². The van der Waals surface area contributed by atoms with Crippen molar-refractivity contribution in [1.82, 2.24) is 9.55 Å². The van der Waals surface area contributed by atoms with Crippen LogP contribution < -0.4 is 0 Å². The van der Waals surface area contributed by atoms with E-state index in [-0.39, 0.29) is 0 Å². The summed E-state index contributed by atoms with van der Waals surface area (Å²) >= 11 is 6.14. The van der Waals surface area contributed by atoms with E-state index < -0.39 is 0 Å². The van der Waals surface area contributed by atoms with Crippen LogP contribution in [0.4, 0.5) is 0 Å². The van der Waals surface area contributed by atoms with Gasteiger partial charge in [-0.3, -0.25) is 0 Å². The molecule has 1 aliphatic carbocycles. The molecule has 1 saturated carbocycles. The van der Waals surface area contributed by atoms with Gasteiger partial charge in [0.1, 0.15) is 5.82 Å². The van der Waals surface area contributed by atoms with E-state index in [0.717, 1.165) is 17.3 Å². The first kappa shape index (κ1) is 13.9. The molecule has 0 amide bonds. The Kier molecular flexibility index (Phi) is 4.02. The molecule has 1 fully saturated rings. The van der Waals surface area contributed by atoms with Crippen LogP contribution in [0.3, 0.4) is 0 Å². The predicted molar refractivity (Wildman–Crippen MR) is 85.3 cm³/mol. The highest BCUT2D eigenvalue weighted by Gasteiger charge is 2.24. The number of aryl methyl sites for hydroxylation is 1. The van der Waals surface area contributed by atoms with Crippen LogP contribution in [-0.4, -0.2) is 9.55 Å². The average Bonchev–Trinajstić information content (AvgIpc) is 2.85. The van der Waals surface area contributed by atoms with Gasteiger partial charge in [-0.05, 0) is 50.3 Å². The fourth-order valence-electron chi connectivity index (χ4n) is 3.63. The van der Waals surface area contributed by atoms with Crippen molar-refractivity contribution in [3.05, 3.63) is 29.6 Å². The van der Waals surface area contributed by atoms with Crippen LogP contribution in [0.15, 0.2) is 18.2 Å². The molecule has 108 valence electrons. The SMILES string of the molecule is Cc1ccc2nc(CCl)n(C(C)C3CCCCC3)c2c1. The lowest BCUT2D eigenvalue weighted by Crippen LogP contribution is -2.20. The van der Waals surface area contributed by atoms with Crippen molar-refractivity contribution in [2.24, 2.45) is 5.92 Å². The molecule has 1 aromatic carbocycles. The third-order valence-corrected chi connectivity index (χ3v) is 5.02. The smallest absolute Gasteiger partial charge is 0.125 e. The number of nitrogens with zero attached hydrogens (tertiary/aromatic N) is 2. The Bertz CT molecular complexity index is 596. The molecular formula is C17H23ClN2. The summed E-state index contributed by atoms with van der Waals surface area (Å²) in [4.78, 5) is 4.72. The minimum Gasteiger partial charge on any atom is -0.324 e. The maximum absolute atomic E-state index is 6.14. The lowest BCUT2D eigenvalue weighted by Gasteiger charge is -2.30. The van der Waals surface area contributed by atoms with Crippen LogP contribution in [0.2, 0.25) is 0 Å². The Balaban J connectivity index is 2.05. The fourth-order valence-corrected chi connectivity index (χ4v) is 3.82. The summed E-state index contributed by atoms with van der Waals surface area (Å²) in [6.07, 6.45) is 6.83.